The zero-order valence-electron chi connectivity index (χ0n) is 10.1. The lowest BCUT2D eigenvalue weighted by Crippen LogP contribution is -2.50. The average molecular weight is 235 g/mol. The van der Waals surface area contributed by atoms with Gasteiger partial charge in [0.2, 0.25) is 0 Å². The van der Waals surface area contributed by atoms with Crippen molar-refractivity contribution in [2.45, 2.75) is 26.2 Å². The van der Waals surface area contributed by atoms with Gasteiger partial charge < -0.3 is 10.0 Å². The van der Waals surface area contributed by atoms with Crippen molar-refractivity contribution in [1.29, 1.82) is 0 Å². The van der Waals surface area contributed by atoms with Crippen LogP contribution in [0.1, 0.15) is 31.9 Å². The minimum atomic E-state index is -0.725. The van der Waals surface area contributed by atoms with Crippen LogP contribution >= 0.6 is 0 Å². The molecule has 1 aliphatic rings. The van der Waals surface area contributed by atoms with Gasteiger partial charge in [0.05, 0.1) is 5.92 Å². The van der Waals surface area contributed by atoms with E-state index in [1.807, 2.05) is 11.0 Å². The summed E-state index contributed by atoms with van der Waals surface area (Å²) in [5, 5.41) is 8.82. The molecule has 1 aromatic rings. The van der Waals surface area contributed by atoms with Crippen molar-refractivity contribution in [3.63, 3.8) is 0 Å². The van der Waals surface area contributed by atoms with Gasteiger partial charge in [0.15, 0.2) is 0 Å². The second kappa shape index (κ2) is 4.69. The topological polar surface area (TPSA) is 66.3 Å². The lowest BCUT2D eigenvalue weighted by Gasteiger charge is -2.37. The number of rotatable bonds is 4. The molecule has 1 atom stereocenters. The Hall–Kier alpha value is -1.65. The van der Waals surface area contributed by atoms with E-state index in [9.17, 15) is 4.79 Å². The maximum Gasteiger partial charge on any atom is 0.310 e. The van der Waals surface area contributed by atoms with Crippen molar-refractivity contribution in [3.8, 4) is 0 Å². The fourth-order valence-corrected chi connectivity index (χ4v) is 1.83. The summed E-state index contributed by atoms with van der Waals surface area (Å²) in [6.45, 7) is 5.34. The number of hydrogen-bond acceptors (Lipinski definition) is 4. The fourth-order valence-electron chi connectivity index (χ4n) is 1.83. The highest BCUT2D eigenvalue weighted by atomic mass is 16.4. The molecular weight excluding hydrogens is 218 g/mol. The number of carbonyl (C=O) groups is 1. The Balaban J connectivity index is 2.06. The summed E-state index contributed by atoms with van der Waals surface area (Å²) in [4.78, 5) is 21.1. The molecule has 0 radical (unpaired) electrons. The van der Waals surface area contributed by atoms with Gasteiger partial charge in [0, 0.05) is 24.8 Å². The largest absolute Gasteiger partial charge is 0.481 e. The highest BCUT2D eigenvalue weighted by Gasteiger charge is 2.33. The van der Waals surface area contributed by atoms with E-state index < -0.39 is 5.97 Å². The number of hydrogen-bond donors (Lipinski definition) is 1. The molecule has 1 aliphatic heterocycles. The minimum Gasteiger partial charge on any atom is -0.481 e. The zero-order valence-corrected chi connectivity index (χ0v) is 10.1. The highest BCUT2D eigenvalue weighted by molar-refractivity contribution is 5.74. The van der Waals surface area contributed by atoms with Gasteiger partial charge in [-0.25, -0.2) is 9.97 Å². The van der Waals surface area contributed by atoms with E-state index >= 15 is 0 Å². The summed E-state index contributed by atoms with van der Waals surface area (Å²) in [7, 11) is 0. The van der Waals surface area contributed by atoms with Crippen molar-refractivity contribution in [2.75, 3.05) is 18.0 Å². The second-order valence-corrected chi connectivity index (χ2v) is 4.55. The average Bonchev–Trinajstić information content (AvgIpc) is 2.26. The SMILES string of the molecule is CCC(C)c1cc(N2CC(C(=O)O)C2)ncn1. The predicted octanol–water partition coefficient (Wildman–Crippen LogP) is 1.51. The normalized spacial score (nSPS) is 17.6. The van der Waals surface area contributed by atoms with Gasteiger partial charge in [-0.1, -0.05) is 13.8 Å². The lowest BCUT2D eigenvalue weighted by atomic mass is 10.00. The molecule has 1 N–H and O–H groups in total. The Morgan fingerprint density at radius 3 is 2.88 bits per heavy atom. The molecule has 0 aromatic carbocycles. The maximum absolute atomic E-state index is 10.7. The molecule has 5 heteroatoms. The van der Waals surface area contributed by atoms with Crippen LogP contribution in [0.5, 0.6) is 0 Å². The first-order valence-electron chi connectivity index (χ1n) is 5.91. The van der Waals surface area contributed by atoms with Crippen LogP contribution in [-0.4, -0.2) is 34.1 Å². The molecule has 1 saturated heterocycles. The van der Waals surface area contributed by atoms with Crippen LogP contribution in [0.15, 0.2) is 12.4 Å². The van der Waals surface area contributed by atoms with Crippen LogP contribution in [0.3, 0.4) is 0 Å². The summed E-state index contributed by atoms with van der Waals surface area (Å²) in [6.07, 6.45) is 2.60. The Morgan fingerprint density at radius 1 is 1.59 bits per heavy atom. The van der Waals surface area contributed by atoms with Crippen LogP contribution in [0, 0.1) is 5.92 Å². The molecule has 2 rings (SSSR count). The quantitative estimate of drug-likeness (QED) is 0.856. The molecule has 0 bridgehead atoms. The van der Waals surface area contributed by atoms with Crippen molar-refractivity contribution < 1.29 is 9.90 Å². The molecule has 5 nitrogen and oxygen atoms in total. The smallest absolute Gasteiger partial charge is 0.310 e. The number of carboxylic acid groups (broad SMARTS) is 1. The zero-order chi connectivity index (χ0) is 12.4. The molecule has 92 valence electrons. The Morgan fingerprint density at radius 2 is 2.29 bits per heavy atom. The molecule has 1 aromatic heterocycles. The molecule has 1 unspecified atom stereocenters. The van der Waals surface area contributed by atoms with Gasteiger partial charge in [-0.3, -0.25) is 4.79 Å². The molecule has 17 heavy (non-hydrogen) atoms. The third-order valence-electron chi connectivity index (χ3n) is 3.35. The van der Waals surface area contributed by atoms with Crippen molar-refractivity contribution in [2.24, 2.45) is 5.92 Å². The number of aliphatic carboxylic acids is 1. The number of carboxylic acids is 1. The second-order valence-electron chi connectivity index (χ2n) is 4.55. The summed E-state index contributed by atoms with van der Waals surface area (Å²) < 4.78 is 0. The van der Waals surface area contributed by atoms with Crippen molar-refractivity contribution >= 4 is 11.8 Å². The first-order chi connectivity index (χ1) is 8.11. The highest BCUT2D eigenvalue weighted by Crippen LogP contribution is 2.25. The third kappa shape index (κ3) is 2.38. The predicted molar refractivity (Wildman–Crippen MR) is 64.1 cm³/mol. The van der Waals surface area contributed by atoms with E-state index in [2.05, 4.69) is 23.8 Å². The summed E-state index contributed by atoms with van der Waals surface area (Å²) in [6, 6.07) is 1.96. The van der Waals surface area contributed by atoms with Crippen LogP contribution in [0.2, 0.25) is 0 Å². The molecular formula is C12H17N3O2. The number of aromatic nitrogens is 2. The van der Waals surface area contributed by atoms with Crippen LogP contribution in [0.25, 0.3) is 0 Å². The molecule has 0 amide bonds. The van der Waals surface area contributed by atoms with E-state index in [1.165, 1.54) is 0 Å². The summed E-state index contributed by atoms with van der Waals surface area (Å²) >= 11 is 0. The van der Waals surface area contributed by atoms with E-state index in [4.69, 9.17) is 5.11 Å². The van der Waals surface area contributed by atoms with Crippen LogP contribution in [-0.2, 0) is 4.79 Å². The fraction of sp³-hybridized carbons (Fsp3) is 0.583. The van der Waals surface area contributed by atoms with Crippen LogP contribution < -0.4 is 4.90 Å². The molecule has 2 heterocycles. The molecule has 1 fully saturated rings. The van der Waals surface area contributed by atoms with E-state index in [0.29, 0.717) is 19.0 Å². The Bertz CT molecular complexity index is 416. The van der Waals surface area contributed by atoms with Crippen molar-refractivity contribution in [1.82, 2.24) is 9.97 Å². The summed E-state index contributed by atoms with van der Waals surface area (Å²) in [5.74, 6) is 0.274. The minimum absolute atomic E-state index is 0.253. The standard InChI is InChI=1S/C12H17N3O2/c1-3-8(2)10-4-11(14-7-13-10)15-5-9(6-15)12(16)17/h4,7-9H,3,5-6H2,1-2H3,(H,16,17). The first-order valence-corrected chi connectivity index (χ1v) is 5.91. The monoisotopic (exact) mass is 235 g/mol. The Labute approximate surface area is 100 Å². The van der Waals surface area contributed by atoms with E-state index in [0.717, 1.165) is 17.9 Å². The molecule has 0 saturated carbocycles. The number of anilines is 1. The van der Waals surface area contributed by atoms with E-state index in [1.54, 1.807) is 6.33 Å². The van der Waals surface area contributed by atoms with E-state index in [-0.39, 0.29) is 5.92 Å². The Kier molecular flexibility index (Phi) is 3.26. The molecule has 0 aliphatic carbocycles. The van der Waals surface area contributed by atoms with Gasteiger partial charge in [-0.05, 0) is 12.3 Å². The third-order valence-corrected chi connectivity index (χ3v) is 3.35. The lowest BCUT2D eigenvalue weighted by molar-refractivity contribution is -0.142. The van der Waals surface area contributed by atoms with Gasteiger partial charge in [-0.2, -0.15) is 0 Å². The van der Waals surface area contributed by atoms with Gasteiger partial charge in [0.1, 0.15) is 12.1 Å². The molecule has 0 spiro atoms. The van der Waals surface area contributed by atoms with Gasteiger partial charge >= 0.3 is 5.97 Å². The number of nitrogens with zero attached hydrogens (tertiary/aromatic N) is 3. The summed E-state index contributed by atoms with van der Waals surface area (Å²) in [5.41, 5.74) is 1.02. The van der Waals surface area contributed by atoms with Crippen molar-refractivity contribution in [3.05, 3.63) is 18.1 Å². The van der Waals surface area contributed by atoms with Gasteiger partial charge in [-0.15, -0.1) is 0 Å². The van der Waals surface area contributed by atoms with Gasteiger partial charge in [0.25, 0.3) is 0 Å². The van der Waals surface area contributed by atoms with Crippen LogP contribution in [0.4, 0.5) is 5.82 Å². The first kappa shape index (κ1) is 11.8. The maximum atomic E-state index is 10.7.